The van der Waals surface area contributed by atoms with E-state index in [1.807, 2.05) is 47.4 Å². The van der Waals surface area contributed by atoms with Gasteiger partial charge in [-0.1, -0.05) is 36.9 Å². The van der Waals surface area contributed by atoms with Gasteiger partial charge in [-0.3, -0.25) is 9.69 Å². The number of urea groups is 1. The summed E-state index contributed by atoms with van der Waals surface area (Å²) in [4.78, 5) is 45.8. The predicted octanol–water partition coefficient (Wildman–Crippen LogP) is 3.71. The van der Waals surface area contributed by atoms with Crippen molar-refractivity contribution in [1.82, 2.24) is 24.7 Å². The molecule has 0 spiro atoms. The van der Waals surface area contributed by atoms with Crippen LogP contribution in [0.2, 0.25) is 0 Å². The molecular formula is C32H38N8O3. The van der Waals surface area contributed by atoms with Gasteiger partial charge in [0.05, 0.1) is 25.4 Å². The van der Waals surface area contributed by atoms with Crippen LogP contribution in [-0.2, 0) is 17.9 Å². The summed E-state index contributed by atoms with van der Waals surface area (Å²) in [5.41, 5.74) is 3.75. The number of fused-ring (bicyclic) bond motifs is 1. The Balaban J connectivity index is 1.27. The largest absolute Gasteiger partial charge is 0.495 e. The molecule has 11 nitrogen and oxygen atoms in total. The van der Waals surface area contributed by atoms with Crippen molar-refractivity contribution in [3.05, 3.63) is 78.5 Å². The zero-order chi connectivity index (χ0) is 29.9. The lowest BCUT2D eigenvalue weighted by Crippen LogP contribution is -2.52. The highest BCUT2D eigenvalue weighted by Gasteiger charge is 2.40. The molecule has 6 rings (SSSR count). The van der Waals surface area contributed by atoms with Crippen molar-refractivity contribution in [2.24, 2.45) is 0 Å². The number of carbonyl (C=O) groups excluding carboxylic acids is 2. The molecule has 1 aromatic heterocycles. The maximum Gasteiger partial charge on any atom is 0.326 e. The maximum absolute atomic E-state index is 14.0. The van der Waals surface area contributed by atoms with E-state index in [1.165, 1.54) is 6.08 Å². The number of benzene rings is 2. The van der Waals surface area contributed by atoms with Crippen LogP contribution in [0, 0.1) is 0 Å². The molecule has 1 unspecified atom stereocenters. The number of rotatable bonds is 8. The van der Waals surface area contributed by atoms with Crippen molar-refractivity contribution in [1.29, 1.82) is 0 Å². The van der Waals surface area contributed by atoms with Gasteiger partial charge in [-0.25, -0.2) is 9.78 Å². The molecule has 0 saturated carbocycles. The monoisotopic (exact) mass is 582 g/mol. The number of amides is 3. The Morgan fingerprint density at radius 2 is 1.91 bits per heavy atom. The highest BCUT2D eigenvalue weighted by molar-refractivity contribution is 5.95. The summed E-state index contributed by atoms with van der Waals surface area (Å²) in [7, 11) is 3.82. The summed E-state index contributed by atoms with van der Waals surface area (Å²) < 4.78 is 5.76. The normalized spacial score (nSPS) is 18.9. The molecular weight excluding hydrogens is 544 g/mol. The fraction of sp³-hybridized carbons (Fsp3) is 0.375. The molecule has 43 heavy (non-hydrogen) atoms. The first-order valence-electron chi connectivity index (χ1n) is 14.7. The van der Waals surface area contributed by atoms with Crippen LogP contribution in [0.3, 0.4) is 0 Å². The standard InChI is InChI=1S/C32H38N8O3/c1-4-29(41)38-13-12-26(22-38)40-30-24(21-39(32(40)42)20-23-8-6-5-7-9-23)19-33-31(35-30)34-25-10-11-27(28(18-25)43-3)37-16-14-36(2)15-17-37/h4-11,18-19,26H,1,12-17,20-22H2,2-3H3,(H,33,34,35). The molecule has 3 aliphatic rings. The van der Waals surface area contributed by atoms with Gasteiger partial charge in [-0.2, -0.15) is 4.98 Å². The number of likely N-dealkylation sites (tertiary alicyclic amines) is 1. The topological polar surface area (TPSA) is 97.4 Å². The maximum atomic E-state index is 14.0. The van der Waals surface area contributed by atoms with Crippen molar-refractivity contribution in [3.8, 4) is 5.75 Å². The second kappa shape index (κ2) is 12.3. The highest BCUT2D eigenvalue weighted by atomic mass is 16.5. The number of piperazine rings is 1. The van der Waals surface area contributed by atoms with Gasteiger partial charge in [-0.15, -0.1) is 0 Å². The van der Waals surface area contributed by atoms with Crippen LogP contribution < -0.4 is 19.9 Å². The Morgan fingerprint density at radius 3 is 2.65 bits per heavy atom. The molecule has 1 N–H and O–H groups in total. The quantitative estimate of drug-likeness (QED) is 0.402. The third-order valence-corrected chi connectivity index (χ3v) is 8.42. The summed E-state index contributed by atoms with van der Waals surface area (Å²) in [6.45, 7) is 9.37. The fourth-order valence-corrected chi connectivity index (χ4v) is 6.03. The van der Waals surface area contributed by atoms with Crippen LogP contribution in [0.25, 0.3) is 0 Å². The summed E-state index contributed by atoms with van der Waals surface area (Å²) in [5.74, 6) is 1.61. The van der Waals surface area contributed by atoms with Crippen molar-refractivity contribution < 1.29 is 14.3 Å². The van der Waals surface area contributed by atoms with Gasteiger partial charge in [0.1, 0.15) is 11.6 Å². The zero-order valence-corrected chi connectivity index (χ0v) is 24.8. The number of nitrogens with one attached hydrogen (secondary N) is 1. The second-order valence-electron chi connectivity index (χ2n) is 11.3. The van der Waals surface area contributed by atoms with E-state index in [9.17, 15) is 9.59 Å². The number of anilines is 4. The lowest BCUT2D eigenvalue weighted by Gasteiger charge is -2.39. The molecule has 2 aromatic carbocycles. The van der Waals surface area contributed by atoms with Gasteiger partial charge in [-0.05, 0) is 37.2 Å². The van der Waals surface area contributed by atoms with Gasteiger partial charge in [0.2, 0.25) is 11.9 Å². The third kappa shape index (κ3) is 5.98. The van der Waals surface area contributed by atoms with Crippen LogP contribution in [0.15, 0.2) is 67.4 Å². The van der Waals surface area contributed by atoms with E-state index in [-0.39, 0.29) is 18.0 Å². The molecule has 3 amide bonds. The second-order valence-corrected chi connectivity index (χ2v) is 11.3. The molecule has 11 heteroatoms. The van der Waals surface area contributed by atoms with Crippen molar-refractivity contribution in [3.63, 3.8) is 0 Å². The van der Waals surface area contributed by atoms with Gasteiger partial charge < -0.3 is 29.7 Å². The van der Waals surface area contributed by atoms with E-state index < -0.39 is 0 Å². The van der Waals surface area contributed by atoms with Gasteiger partial charge >= 0.3 is 6.03 Å². The SMILES string of the molecule is C=CC(=O)N1CCC(N2C(=O)N(Cc3ccccc3)Cc3cnc(Nc4ccc(N5CCN(C)CC5)c(OC)c4)nc32)C1. The Labute approximate surface area is 252 Å². The molecule has 224 valence electrons. The molecule has 3 aliphatic heterocycles. The number of likely N-dealkylation sites (N-methyl/N-ethyl adjacent to an activating group) is 1. The van der Waals surface area contributed by atoms with Crippen molar-refractivity contribution in [2.45, 2.75) is 25.6 Å². The molecule has 2 fully saturated rings. The molecule has 4 heterocycles. The van der Waals surface area contributed by atoms with E-state index in [1.54, 1.807) is 23.1 Å². The smallest absolute Gasteiger partial charge is 0.326 e. The van der Waals surface area contributed by atoms with Crippen LogP contribution in [0.4, 0.5) is 27.9 Å². The van der Waals surface area contributed by atoms with Crippen LogP contribution in [-0.4, -0.2) is 96.1 Å². The van der Waals surface area contributed by atoms with E-state index in [2.05, 4.69) is 39.8 Å². The van der Waals surface area contributed by atoms with E-state index in [0.29, 0.717) is 44.4 Å². The first-order valence-corrected chi connectivity index (χ1v) is 14.7. The Morgan fingerprint density at radius 1 is 1.12 bits per heavy atom. The number of hydrogen-bond acceptors (Lipinski definition) is 8. The van der Waals surface area contributed by atoms with Crippen LogP contribution in [0.5, 0.6) is 5.75 Å². The first-order chi connectivity index (χ1) is 20.9. The van der Waals surface area contributed by atoms with Crippen molar-refractivity contribution in [2.75, 3.05) is 68.5 Å². The first kappa shape index (κ1) is 28.5. The highest BCUT2D eigenvalue weighted by Crippen LogP contribution is 2.35. The average molecular weight is 583 g/mol. The molecule has 2 saturated heterocycles. The Hall–Kier alpha value is -4.64. The van der Waals surface area contributed by atoms with E-state index in [0.717, 1.165) is 54.4 Å². The number of ether oxygens (including phenoxy) is 1. The summed E-state index contributed by atoms with van der Waals surface area (Å²) in [6.07, 6.45) is 3.77. The van der Waals surface area contributed by atoms with Crippen LogP contribution >= 0.6 is 0 Å². The minimum absolute atomic E-state index is 0.128. The minimum atomic E-state index is -0.209. The molecule has 0 bridgehead atoms. The van der Waals surface area contributed by atoms with E-state index >= 15 is 0 Å². The van der Waals surface area contributed by atoms with E-state index in [4.69, 9.17) is 9.72 Å². The number of aromatic nitrogens is 2. The average Bonchev–Trinajstić information content (AvgIpc) is 3.52. The van der Waals surface area contributed by atoms with Gasteiger partial charge in [0.15, 0.2) is 0 Å². The summed E-state index contributed by atoms with van der Waals surface area (Å²) in [6, 6.07) is 15.6. The van der Waals surface area contributed by atoms with Gasteiger partial charge in [0.25, 0.3) is 0 Å². The third-order valence-electron chi connectivity index (χ3n) is 8.42. The number of nitrogens with zero attached hydrogens (tertiary/aromatic N) is 7. The molecule has 0 aliphatic carbocycles. The lowest BCUT2D eigenvalue weighted by molar-refractivity contribution is -0.125. The fourth-order valence-electron chi connectivity index (χ4n) is 6.03. The molecule has 1 atom stereocenters. The predicted molar refractivity (Wildman–Crippen MR) is 167 cm³/mol. The molecule has 3 aromatic rings. The number of hydrogen-bond donors (Lipinski definition) is 1. The molecule has 0 radical (unpaired) electrons. The van der Waals surface area contributed by atoms with Crippen LogP contribution in [0.1, 0.15) is 17.5 Å². The number of methoxy groups -OCH3 is 1. The number of carbonyl (C=O) groups is 2. The Bertz CT molecular complexity index is 1490. The van der Waals surface area contributed by atoms with Gasteiger partial charge in [0, 0.05) is 69.3 Å². The minimum Gasteiger partial charge on any atom is -0.495 e. The Kier molecular flexibility index (Phi) is 8.15. The summed E-state index contributed by atoms with van der Waals surface area (Å²) in [5, 5.41) is 3.32. The van der Waals surface area contributed by atoms with Crippen molar-refractivity contribution >= 4 is 35.1 Å². The summed E-state index contributed by atoms with van der Waals surface area (Å²) >= 11 is 0. The lowest BCUT2D eigenvalue weighted by atomic mass is 10.1. The zero-order valence-electron chi connectivity index (χ0n) is 24.8.